The molecule has 7 rings (SSSR count). The zero-order chi connectivity index (χ0) is 30.4. The second kappa shape index (κ2) is 11.0. The van der Waals surface area contributed by atoms with Crippen LogP contribution in [0.2, 0.25) is 0 Å². The van der Waals surface area contributed by atoms with Crippen molar-refractivity contribution >= 4 is 21.9 Å². The summed E-state index contributed by atoms with van der Waals surface area (Å²) in [5.74, 6) is 0.415. The van der Waals surface area contributed by atoms with Crippen LogP contribution in [-0.4, -0.2) is 0 Å². The first-order valence-corrected chi connectivity index (χ1v) is 15.1. The van der Waals surface area contributed by atoms with Crippen molar-refractivity contribution in [2.75, 3.05) is 0 Å². The van der Waals surface area contributed by atoms with Crippen LogP contribution in [0.5, 0.6) is 0 Å². The molecule has 3 heteroatoms. The Morgan fingerprint density at radius 2 is 1.25 bits per heavy atom. The fraction of sp³-hybridized carbons (Fsp3) is 0.122. The van der Waals surface area contributed by atoms with Crippen molar-refractivity contribution in [1.82, 2.24) is 0 Å². The van der Waals surface area contributed by atoms with Gasteiger partial charge in [-0.05, 0) is 70.0 Å². The first-order valence-electron chi connectivity index (χ1n) is 15.1. The number of aryl methyl sites for hydroxylation is 2. The molecule has 0 radical (unpaired) electrons. The van der Waals surface area contributed by atoms with Gasteiger partial charge >= 0.3 is 0 Å². The standard InChI is InChI=1S/C41H33N2O/c1-26(2)31-21-22-43(4)37(24-31)38-27(3)13-19-35-36-20-18-34(25-42)39(41(36)44-40(35)38)30-16-14-29(15-17-30)33-12-8-11-32(23-33)28-9-6-5-7-10-28/h5-24,26H,1-4H3/q+1. The van der Waals surface area contributed by atoms with Gasteiger partial charge in [0.2, 0.25) is 5.69 Å². The van der Waals surface area contributed by atoms with Gasteiger partial charge in [-0.1, -0.05) is 98.8 Å². The molecule has 212 valence electrons. The first kappa shape index (κ1) is 27.4. The first-order chi connectivity index (χ1) is 21.4. The molecule has 0 atom stereocenters. The zero-order valence-electron chi connectivity index (χ0n) is 25.4. The zero-order valence-corrected chi connectivity index (χ0v) is 25.4. The van der Waals surface area contributed by atoms with Crippen LogP contribution in [0.4, 0.5) is 0 Å². The Labute approximate surface area is 258 Å². The van der Waals surface area contributed by atoms with Gasteiger partial charge in [0.25, 0.3) is 0 Å². The molecule has 2 aromatic heterocycles. The summed E-state index contributed by atoms with van der Waals surface area (Å²) in [5.41, 5.74) is 13.3. The van der Waals surface area contributed by atoms with Crippen LogP contribution in [0.3, 0.4) is 0 Å². The summed E-state index contributed by atoms with van der Waals surface area (Å²) in [6.45, 7) is 6.57. The fourth-order valence-electron chi connectivity index (χ4n) is 6.23. The summed E-state index contributed by atoms with van der Waals surface area (Å²) in [6, 6.07) is 42.7. The van der Waals surface area contributed by atoms with Crippen molar-refractivity contribution in [1.29, 1.82) is 5.26 Å². The molecule has 0 unspecified atom stereocenters. The molecule has 0 aliphatic heterocycles. The molecular weight excluding hydrogens is 536 g/mol. The van der Waals surface area contributed by atoms with E-state index in [0.29, 0.717) is 11.5 Å². The number of pyridine rings is 1. The summed E-state index contributed by atoms with van der Waals surface area (Å²) in [7, 11) is 2.08. The van der Waals surface area contributed by atoms with E-state index in [2.05, 4.69) is 142 Å². The lowest BCUT2D eigenvalue weighted by atomic mass is 9.94. The maximum absolute atomic E-state index is 10.2. The van der Waals surface area contributed by atoms with Gasteiger partial charge in [0.15, 0.2) is 6.20 Å². The molecule has 5 aromatic carbocycles. The van der Waals surface area contributed by atoms with Gasteiger partial charge in [-0.3, -0.25) is 0 Å². The minimum Gasteiger partial charge on any atom is -0.454 e. The summed E-state index contributed by atoms with van der Waals surface area (Å²) >= 11 is 0. The lowest BCUT2D eigenvalue weighted by Gasteiger charge is -2.09. The minimum absolute atomic E-state index is 0.415. The average Bonchev–Trinajstić information content (AvgIpc) is 3.43. The predicted molar refractivity (Wildman–Crippen MR) is 180 cm³/mol. The molecule has 7 aromatic rings. The van der Waals surface area contributed by atoms with E-state index in [9.17, 15) is 5.26 Å². The Morgan fingerprint density at radius 3 is 1.93 bits per heavy atom. The molecule has 0 bridgehead atoms. The van der Waals surface area contributed by atoms with Gasteiger partial charge in [0.05, 0.1) is 17.2 Å². The van der Waals surface area contributed by atoms with Gasteiger partial charge in [-0.15, -0.1) is 0 Å². The van der Waals surface area contributed by atoms with Gasteiger partial charge in [-0.2, -0.15) is 5.26 Å². The van der Waals surface area contributed by atoms with E-state index in [0.717, 1.165) is 61.0 Å². The Balaban J connectivity index is 1.38. The van der Waals surface area contributed by atoms with E-state index in [1.54, 1.807) is 0 Å². The third kappa shape index (κ3) is 4.66. The van der Waals surface area contributed by atoms with Crippen molar-refractivity contribution < 1.29 is 8.98 Å². The second-order valence-electron chi connectivity index (χ2n) is 11.8. The van der Waals surface area contributed by atoms with Crippen molar-refractivity contribution in [3.63, 3.8) is 0 Å². The second-order valence-corrected chi connectivity index (χ2v) is 11.8. The van der Waals surface area contributed by atoms with E-state index < -0.39 is 0 Å². The molecule has 0 N–H and O–H groups in total. The molecule has 2 heterocycles. The number of rotatable bonds is 5. The number of benzene rings is 5. The largest absolute Gasteiger partial charge is 0.454 e. The maximum Gasteiger partial charge on any atom is 0.216 e. The smallest absolute Gasteiger partial charge is 0.216 e. The Bertz CT molecular complexity index is 2220. The number of furan rings is 1. The molecular formula is C41H33N2O+. The Hall–Kier alpha value is -5.46. The highest BCUT2D eigenvalue weighted by Crippen LogP contribution is 2.42. The van der Waals surface area contributed by atoms with E-state index >= 15 is 0 Å². The number of fused-ring (bicyclic) bond motifs is 3. The molecule has 3 nitrogen and oxygen atoms in total. The number of hydrogen-bond acceptors (Lipinski definition) is 2. The predicted octanol–water partition coefficient (Wildman–Crippen LogP) is 10.4. The lowest BCUT2D eigenvalue weighted by Crippen LogP contribution is -2.31. The van der Waals surface area contributed by atoms with E-state index in [-0.39, 0.29) is 0 Å². The third-order valence-electron chi connectivity index (χ3n) is 8.71. The third-order valence-corrected chi connectivity index (χ3v) is 8.71. The highest BCUT2D eigenvalue weighted by molar-refractivity contribution is 6.14. The molecule has 0 spiro atoms. The highest BCUT2D eigenvalue weighted by Gasteiger charge is 2.24. The Kier molecular flexibility index (Phi) is 6.84. The van der Waals surface area contributed by atoms with Crippen molar-refractivity contribution in [3.8, 4) is 50.7 Å². The summed E-state index contributed by atoms with van der Waals surface area (Å²) < 4.78 is 8.98. The van der Waals surface area contributed by atoms with Crippen LogP contribution in [-0.2, 0) is 7.05 Å². The fourth-order valence-corrected chi connectivity index (χ4v) is 6.23. The molecule has 0 aliphatic carbocycles. The van der Waals surface area contributed by atoms with Crippen LogP contribution < -0.4 is 4.57 Å². The van der Waals surface area contributed by atoms with Crippen molar-refractivity contribution in [2.45, 2.75) is 26.7 Å². The Morgan fingerprint density at radius 1 is 0.636 bits per heavy atom. The van der Waals surface area contributed by atoms with Crippen LogP contribution in [0.25, 0.3) is 66.6 Å². The van der Waals surface area contributed by atoms with Crippen molar-refractivity contribution in [3.05, 3.63) is 138 Å². The van der Waals surface area contributed by atoms with E-state index in [1.807, 2.05) is 18.2 Å². The average molecular weight is 570 g/mol. The van der Waals surface area contributed by atoms with Gasteiger partial charge in [0, 0.05) is 28.5 Å². The summed E-state index contributed by atoms with van der Waals surface area (Å²) in [6.07, 6.45) is 2.13. The molecule has 0 saturated heterocycles. The van der Waals surface area contributed by atoms with Gasteiger partial charge < -0.3 is 4.42 Å². The number of nitrogens with zero attached hydrogens (tertiary/aromatic N) is 2. The summed E-state index contributed by atoms with van der Waals surface area (Å²) in [4.78, 5) is 0. The van der Waals surface area contributed by atoms with Gasteiger partial charge in [0.1, 0.15) is 18.2 Å². The monoisotopic (exact) mass is 569 g/mol. The normalized spacial score (nSPS) is 11.4. The highest BCUT2D eigenvalue weighted by atomic mass is 16.3. The molecule has 44 heavy (non-hydrogen) atoms. The number of hydrogen-bond donors (Lipinski definition) is 0. The molecule has 0 saturated carbocycles. The number of aromatic nitrogens is 1. The van der Waals surface area contributed by atoms with Crippen molar-refractivity contribution in [2.24, 2.45) is 7.05 Å². The lowest BCUT2D eigenvalue weighted by molar-refractivity contribution is -0.660. The van der Waals surface area contributed by atoms with Gasteiger partial charge in [-0.25, -0.2) is 4.57 Å². The van der Waals surface area contributed by atoms with Crippen LogP contribution in [0.1, 0.15) is 36.5 Å². The van der Waals surface area contributed by atoms with Crippen LogP contribution >= 0.6 is 0 Å². The molecule has 0 aliphatic rings. The summed E-state index contributed by atoms with van der Waals surface area (Å²) in [5, 5.41) is 12.2. The quantitative estimate of drug-likeness (QED) is 0.194. The van der Waals surface area contributed by atoms with Crippen LogP contribution in [0.15, 0.2) is 126 Å². The minimum atomic E-state index is 0.415. The van der Waals surface area contributed by atoms with Crippen LogP contribution in [0, 0.1) is 18.3 Å². The number of nitriles is 1. The van der Waals surface area contributed by atoms with E-state index in [4.69, 9.17) is 4.42 Å². The SMILES string of the molecule is Cc1ccc2c(oc3c(-c4ccc(-c5cccc(-c6ccccc6)c5)cc4)c(C#N)ccc32)c1-c1cc(C(C)C)cc[n+]1C. The van der Waals surface area contributed by atoms with E-state index in [1.165, 1.54) is 16.7 Å². The maximum atomic E-state index is 10.2. The topological polar surface area (TPSA) is 40.8 Å². The molecule has 0 amide bonds. The molecule has 0 fully saturated rings.